The molecule has 0 saturated carbocycles. The summed E-state index contributed by atoms with van der Waals surface area (Å²) in [5.74, 6) is 1.50. The minimum Gasteiger partial charge on any atom is -0.493 e. The van der Waals surface area contributed by atoms with Crippen LogP contribution in [0.1, 0.15) is 34.8 Å². The summed E-state index contributed by atoms with van der Waals surface area (Å²) in [6, 6.07) is 20.6. The number of hydrogen-bond acceptors (Lipinski definition) is 5. The molecule has 0 heterocycles. The van der Waals surface area contributed by atoms with Crippen molar-refractivity contribution in [1.29, 1.82) is 0 Å². The van der Waals surface area contributed by atoms with Gasteiger partial charge in [-0.05, 0) is 69.9 Å². The summed E-state index contributed by atoms with van der Waals surface area (Å²) in [6.45, 7) is 3.09. The molecule has 0 fully saturated rings. The summed E-state index contributed by atoms with van der Waals surface area (Å²) in [5.41, 5.74) is 4.86. The van der Waals surface area contributed by atoms with Gasteiger partial charge < -0.3 is 14.2 Å². The minimum atomic E-state index is -0.344. The molecule has 0 saturated heterocycles. The number of methoxy groups -OCH3 is 1. The summed E-state index contributed by atoms with van der Waals surface area (Å²) in [6.07, 6.45) is 2.45. The maximum atomic E-state index is 12.4. The average molecular weight is 497 g/mol. The molecule has 3 rings (SSSR count). The third-order valence-corrected chi connectivity index (χ3v) is 5.08. The van der Waals surface area contributed by atoms with Gasteiger partial charge in [-0.3, -0.25) is 4.79 Å². The van der Waals surface area contributed by atoms with E-state index in [1.54, 1.807) is 31.5 Å². The van der Waals surface area contributed by atoms with Gasteiger partial charge in [0.15, 0.2) is 11.5 Å². The van der Waals surface area contributed by atoms with Gasteiger partial charge in [0.25, 0.3) is 5.91 Å². The molecule has 0 aliphatic carbocycles. The summed E-state index contributed by atoms with van der Waals surface area (Å²) in [5, 5.41) is 4.05. The van der Waals surface area contributed by atoms with Crippen LogP contribution in [0, 0.1) is 0 Å². The van der Waals surface area contributed by atoms with Gasteiger partial charge in [-0.1, -0.05) is 37.3 Å². The van der Waals surface area contributed by atoms with Crippen LogP contribution >= 0.6 is 15.9 Å². The Hall–Kier alpha value is -3.32. The Morgan fingerprint density at radius 2 is 1.78 bits per heavy atom. The summed E-state index contributed by atoms with van der Waals surface area (Å²) >= 11 is 3.52. The van der Waals surface area contributed by atoms with Crippen LogP contribution in [-0.4, -0.2) is 25.8 Å². The van der Waals surface area contributed by atoms with Crippen molar-refractivity contribution in [2.24, 2.45) is 5.10 Å². The van der Waals surface area contributed by atoms with Crippen molar-refractivity contribution in [3.05, 3.63) is 87.9 Å². The molecule has 3 aromatic carbocycles. The lowest BCUT2D eigenvalue weighted by molar-refractivity contribution is 0.0954. The van der Waals surface area contributed by atoms with Gasteiger partial charge in [-0.15, -0.1) is 0 Å². The number of benzene rings is 3. The Labute approximate surface area is 196 Å². The predicted octanol–water partition coefficient (Wildman–Crippen LogP) is 5.59. The molecule has 6 nitrogen and oxygen atoms in total. The SMILES string of the molecule is CCCOc1ccc(C(=O)N/N=C/c2ccc(OCc3ccccc3)c(Br)c2)cc1OC. The highest BCUT2D eigenvalue weighted by Crippen LogP contribution is 2.28. The Morgan fingerprint density at radius 3 is 2.50 bits per heavy atom. The standard InChI is InChI=1S/C25H25BrN2O4/c1-3-13-31-23-12-10-20(15-24(23)30-2)25(29)28-27-16-19-9-11-22(21(26)14-19)32-17-18-7-5-4-6-8-18/h4-12,14-16H,3,13,17H2,1-2H3,(H,28,29)/b27-16+. The van der Waals surface area contributed by atoms with E-state index in [4.69, 9.17) is 14.2 Å². The molecule has 0 bridgehead atoms. The molecule has 0 aliphatic rings. The first-order chi connectivity index (χ1) is 15.6. The van der Waals surface area contributed by atoms with Crippen LogP contribution < -0.4 is 19.6 Å². The van der Waals surface area contributed by atoms with Gasteiger partial charge in [-0.25, -0.2) is 5.43 Å². The number of rotatable bonds is 10. The normalized spacial score (nSPS) is 10.7. The highest BCUT2D eigenvalue weighted by Gasteiger charge is 2.11. The Morgan fingerprint density at radius 1 is 1.00 bits per heavy atom. The van der Waals surface area contributed by atoms with Crippen LogP contribution in [0.15, 0.2) is 76.3 Å². The fourth-order valence-corrected chi connectivity index (χ4v) is 3.33. The van der Waals surface area contributed by atoms with Crippen LogP contribution in [0.4, 0.5) is 0 Å². The number of nitrogens with zero attached hydrogens (tertiary/aromatic N) is 1. The molecule has 0 aliphatic heterocycles. The molecular weight excluding hydrogens is 472 g/mol. The zero-order valence-electron chi connectivity index (χ0n) is 18.0. The fraction of sp³-hybridized carbons (Fsp3) is 0.200. The third kappa shape index (κ3) is 6.59. The van der Waals surface area contributed by atoms with Gasteiger partial charge >= 0.3 is 0 Å². The number of nitrogens with one attached hydrogen (secondary N) is 1. The first kappa shape index (κ1) is 23.3. The molecule has 7 heteroatoms. The molecule has 3 aromatic rings. The second-order valence-corrected chi connectivity index (χ2v) is 7.73. The summed E-state index contributed by atoms with van der Waals surface area (Å²) < 4.78 is 17.6. The monoisotopic (exact) mass is 496 g/mol. The minimum absolute atomic E-state index is 0.344. The Kier molecular flexibility index (Phi) is 8.69. The maximum absolute atomic E-state index is 12.4. The van der Waals surface area contributed by atoms with E-state index in [9.17, 15) is 4.79 Å². The predicted molar refractivity (Wildman–Crippen MR) is 129 cm³/mol. The van der Waals surface area contributed by atoms with Crippen molar-refractivity contribution in [1.82, 2.24) is 5.43 Å². The molecule has 32 heavy (non-hydrogen) atoms. The average Bonchev–Trinajstić information content (AvgIpc) is 2.82. The van der Waals surface area contributed by atoms with Crippen LogP contribution in [0.3, 0.4) is 0 Å². The van der Waals surface area contributed by atoms with E-state index in [2.05, 4.69) is 26.5 Å². The summed E-state index contributed by atoms with van der Waals surface area (Å²) in [4.78, 5) is 12.4. The van der Waals surface area contributed by atoms with Gasteiger partial charge in [-0.2, -0.15) is 5.10 Å². The maximum Gasteiger partial charge on any atom is 0.271 e. The largest absolute Gasteiger partial charge is 0.493 e. The molecule has 0 radical (unpaired) electrons. The topological polar surface area (TPSA) is 69.2 Å². The third-order valence-electron chi connectivity index (χ3n) is 4.46. The van der Waals surface area contributed by atoms with Crippen LogP contribution in [0.25, 0.3) is 0 Å². The molecule has 166 valence electrons. The molecule has 1 N–H and O–H groups in total. The number of hydrazone groups is 1. The van der Waals surface area contributed by atoms with E-state index in [1.807, 2.05) is 55.5 Å². The van der Waals surface area contributed by atoms with Gasteiger partial charge in [0, 0.05) is 5.56 Å². The molecule has 0 aromatic heterocycles. The number of hydrogen-bond donors (Lipinski definition) is 1. The first-order valence-corrected chi connectivity index (χ1v) is 11.0. The van der Waals surface area contributed by atoms with Crippen molar-refractivity contribution in [2.45, 2.75) is 20.0 Å². The van der Waals surface area contributed by atoms with Gasteiger partial charge in [0.2, 0.25) is 0 Å². The molecule has 0 unspecified atom stereocenters. The number of amides is 1. The van der Waals surface area contributed by atoms with Crippen LogP contribution in [0.5, 0.6) is 17.2 Å². The highest BCUT2D eigenvalue weighted by atomic mass is 79.9. The zero-order valence-corrected chi connectivity index (χ0v) is 19.6. The van der Waals surface area contributed by atoms with Crippen molar-refractivity contribution >= 4 is 28.1 Å². The van der Waals surface area contributed by atoms with E-state index in [1.165, 1.54) is 0 Å². The first-order valence-electron chi connectivity index (χ1n) is 10.2. The molecule has 1 amide bonds. The molecule has 0 spiro atoms. The summed E-state index contributed by atoms with van der Waals surface area (Å²) in [7, 11) is 1.54. The smallest absolute Gasteiger partial charge is 0.271 e. The van der Waals surface area contributed by atoms with Crippen molar-refractivity contribution < 1.29 is 19.0 Å². The van der Waals surface area contributed by atoms with E-state index in [0.717, 1.165) is 27.8 Å². The van der Waals surface area contributed by atoms with Gasteiger partial charge in [0.05, 0.1) is 24.4 Å². The molecular formula is C25H25BrN2O4. The fourth-order valence-electron chi connectivity index (χ4n) is 2.82. The zero-order chi connectivity index (χ0) is 22.8. The number of ether oxygens (including phenoxy) is 3. The lowest BCUT2D eigenvalue weighted by Crippen LogP contribution is -2.17. The van der Waals surface area contributed by atoms with Crippen molar-refractivity contribution in [3.8, 4) is 17.2 Å². The quantitative estimate of drug-likeness (QED) is 0.293. The highest BCUT2D eigenvalue weighted by molar-refractivity contribution is 9.10. The van der Waals surface area contributed by atoms with E-state index < -0.39 is 0 Å². The van der Waals surface area contributed by atoms with E-state index in [0.29, 0.717) is 30.3 Å². The van der Waals surface area contributed by atoms with Gasteiger partial charge in [0.1, 0.15) is 12.4 Å². The number of carbonyl (C=O) groups excluding carboxylic acids is 1. The molecule has 0 atom stereocenters. The van der Waals surface area contributed by atoms with Crippen molar-refractivity contribution in [2.75, 3.05) is 13.7 Å². The van der Waals surface area contributed by atoms with E-state index >= 15 is 0 Å². The Bertz CT molecular complexity index is 1070. The van der Waals surface area contributed by atoms with Crippen LogP contribution in [-0.2, 0) is 6.61 Å². The number of carbonyl (C=O) groups is 1. The van der Waals surface area contributed by atoms with Crippen molar-refractivity contribution in [3.63, 3.8) is 0 Å². The van der Waals surface area contributed by atoms with E-state index in [-0.39, 0.29) is 5.91 Å². The van der Waals surface area contributed by atoms with Crippen LogP contribution in [0.2, 0.25) is 0 Å². The number of halogens is 1. The lowest BCUT2D eigenvalue weighted by atomic mass is 10.2. The second kappa shape index (κ2) is 11.9. The second-order valence-electron chi connectivity index (χ2n) is 6.88. The lowest BCUT2D eigenvalue weighted by Gasteiger charge is -2.11. The Balaban J connectivity index is 1.58.